The molecule has 15 heavy (non-hydrogen) atoms. The lowest BCUT2D eigenvalue weighted by atomic mass is 9.96. The van der Waals surface area contributed by atoms with Crippen LogP contribution in [0, 0.1) is 5.92 Å². The smallest absolute Gasteiger partial charge is 0.168 e. The van der Waals surface area contributed by atoms with E-state index < -0.39 is 0 Å². The minimum Gasteiger partial charge on any atom is -0.497 e. The van der Waals surface area contributed by atoms with Gasteiger partial charge in [0.2, 0.25) is 0 Å². The third-order valence-corrected chi connectivity index (χ3v) is 4.27. The third kappa shape index (κ3) is 1.76. The van der Waals surface area contributed by atoms with Gasteiger partial charge >= 0.3 is 0 Å². The normalized spacial score (nSPS) is 24.9. The Morgan fingerprint density at radius 1 is 1.33 bits per heavy atom. The molecule has 3 heteroatoms. The minimum atomic E-state index is 0.0922. The number of methoxy groups -OCH3 is 1. The second kappa shape index (κ2) is 3.89. The second-order valence-electron chi connectivity index (χ2n) is 3.84. The van der Waals surface area contributed by atoms with Crippen molar-refractivity contribution in [2.45, 2.75) is 24.0 Å². The molecule has 0 aromatic heterocycles. The Morgan fingerprint density at radius 3 is 2.73 bits per heavy atom. The molecular weight excluding hydrogens is 208 g/mol. The fraction of sp³-hybridized carbons (Fsp3) is 0.417. The number of fused-ring (bicyclic) bond motifs is 1. The summed E-state index contributed by atoms with van der Waals surface area (Å²) >= 11 is 1.77. The lowest BCUT2D eigenvalue weighted by Gasteiger charge is -2.26. The van der Waals surface area contributed by atoms with Crippen molar-refractivity contribution in [1.29, 1.82) is 0 Å². The lowest BCUT2D eigenvalue weighted by molar-refractivity contribution is 0.0923. The highest BCUT2D eigenvalue weighted by atomic mass is 32.2. The minimum absolute atomic E-state index is 0.0922. The maximum Gasteiger partial charge on any atom is 0.168 e. The Balaban J connectivity index is 2.47. The summed E-state index contributed by atoms with van der Waals surface area (Å²) in [5, 5.41) is 0.360. The molecule has 0 saturated carbocycles. The number of Topliss-reactive ketones (excluding diaryl/α,β-unsaturated/α-hetero) is 1. The van der Waals surface area contributed by atoms with Gasteiger partial charge in [0.15, 0.2) is 5.78 Å². The van der Waals surface area contributed by atoms with Crippen LogP contribution in [0.4, 0.5) is 0 Å². The number of thioether (sulfide) groups is 1. The average Bonchev–Trinajstić information content (AvgIpc) is 2.26. The van der Waals surface area contributed by atoms with E-state index in [-0.39, 0.29) is 11.7 Å². The van der Waals surface area contributed by atoms with Crippen LogP contribution in [0.1, 0.15) is 24.2 Å². The molecule has 2 rings (SSSR count). The van der Waals surface area contributed by atoms with Gasteiger partial charge in [0, 0.05) is 21.6 Å². The molecule has 0 amide bonds. The number of carbonyl (C=O) groups excluding carboxylic acids is 1. The highest BCUT2D eigenvalue weighted by Gasteiger charge is 2.30. The first kappa shape index (κ1) is 10.6. The molecule has 1 aliphatic heterocycles. The summed E-state index contributed by atoms with van der Waals surface area (Å²) in [7, 11) is 1.62. The van der Waals surface area contributed by atoms with Gasteiger partial charge in [-0.15, -0.1) is 11.8 Å². The van der Waals surface area contributed by atoms with Crippen molar-refractivity contribution in [2.75, 3.05) is 7.11 Å². The predicted octanol–water partition coefficient (Wildman–Crippen LogP) is 3.01. The molecule has 1 heterocycles. The SMILES string of the molecule is COc1ccc2c(c1)C(=O)[C@@H](C)[C@@H](C)S2. The van der Waals surface area contributed by atoms with Gasteiger partial charge in [-0.2, -0.15) is 0 Å². The van der Waals surface area contributed by atoms with Crippen LogP contribution >= 0.6 is 11.8 Å². The molecule has 0 aliphatic carbocycles. The fourth-order valence-electron chi connectivity index (χ4n) is 1.69. The zero-order chi connectivity index (χ0) is 11.0. The van der Waals surface area contributed by atoms with E-state index >= 15 is 0 Å². The van der Waals surface area contributed by atoms with Crippen molar-refractivity contribution < 1.29 is 9.53 Å². The highest BCUT2D eigenvalue weighted by Crippen LogP contribution is 2.39. The zero-order valence-corrected chi connectivity index (χ0v) is 9.93. The van der Waals surface area contributed by atoms with E-state index in [9.17, 15) is 4.79 Å². The molecule has 1 aromatic rings. The van der Waals surface area contributed by atoms with Crippen molar-refractivity contribution in [3.63, 3.8) is 0 Å². The maximum absolute atomic E-state index is 12.0. The molecule has 2 nitrogen and oxygen atoms in total. The molecule has 2 atom stereocenters. The van der Waals surface area contributed by atoms with E-state index in [1.165, 1.54) is 0 Å². The number of benzene rings is 1. The monoisotopic (exact) mass is 222 g/mol. The molecule has 0 radical (unpaired) electrons. The largest absolute Gasteiger partial charge is 0.497 e. The van der Waals surface area contributed by atoms with Crippen LogP contribution < -0.4 is 4.74 Å². The Morgan fingerprint density at radius 2 is 2.07 bits per heavy atom. The number of hydrogen-bond donors (Lipinski definition) is 0. The number of hydrogen-bond acceptors (Lipinski definition) is 3. The topological polar surface area (TPSA) is 26.3 Å². The Labute approximate surface area is 94.0 Å². The van der Waals surface area contributed by atoms with Crippen LogP contribution in [0.3, 0.4) is 0 Å². The third-order valence-electron chi connectivity index (χ3n) is 2.88. The summed E-state index contributed by atoms with van der Waals surface area (Å²) in [4.78, 5) is 13.1. The van der Waals surface area contributed by atoms with Gasteiger partial charge in [0.05, 0.1) is 7.11 Å². The molecular formula is C12H14O2S. The fourth-order valence-corrected chi connectivity index (χ4v) is 2.85. The van der Waals surface area contributed by atoms with Crippen LogP contribution in [0.5, 0.6) is 5.75 Å². The molecule has 0 fully saturated rings. The molecule has 0 spiro atoms. The van der Waals surface area contributed by atoms with Crippen LogP contribution in [0.2, 0.25) is 0 Å². The van der Waals surface area contributed by atoms with E-state index in [0.29, 0.717) is 5.25 Å². The van der Waals surface area contributed by atoms with Gasteiger partial charge in [-0.25, -0.2) is 0 Å². The lowest BCUT2D eigenvalue weighted by Crippen LogP contribution is -2.25. The van der Waals surface area contributed by atoms with Crippen LogP contribution in [-0.4, -0.2) is 18.1 Å². The summed E-state index contributed by atoms with van der Waals surface area (Å²) in [6.45, 7) is 4.09. The molecule has 0 N–H and O–H groups in total. The number of rotatable bonds is 1. The van der Waals surface area contributed by atoms with Gasteiger partial charge in [-0.1, -0.05) is 13.8 Å². The first-order chi connectivity index (χ1) is 7.13. The van der Waals surface area contributed by atoms with E-state index in [4.69, 9.17) is 4.74 Å². The Hall–Kier alpha value is -0.960. The van der Waals surface area contributed by atoms with Crippen molar-refractivity contribution in [2.24, 2.45) is 5.92 Å². The number of ketones is 1. The van der Waals surface area contributed by atoms with E-state index in [1.807, 2.05) is 25.1 Å². The highest BCUT2D eigenvalue weighted by molar-refractivity contribution is 8.00. The van der Waals surface area contributed by atoms with Crippen molar-refractivity contribution >= 4 is 17.5 Å². The van der Waals surface area contributed by atoms with Crippen LogP contribution in [0.15, 0.2) is 23.1 Å². The summed E-state index contributed by atoms with van der Waals surface area (Å²) in [6, 6.07) is 5.72. The van der Waals surface area contributed by atoms with Gasteiger partial charge in [-0.3, -0.25) is 4.79 Å². The van der Waals surface area contributed by atoms with Gasteiger partial charge in [0.1, 0.15) is 5.75 Å². The van der Waals surface area contributed by atoms with Crippen LogP contribution in [0.25, 0.3) is 0 Å². The number of ether oxygens (including phenoxy) is 1. The van der Waals surface area contributed by atoms with E-state index in [1.54, 1.807) is 18.9 Å². The van der Waals surface area contributed by atoms with E-state index in [2.05, 4.69) is 6.92 Å². The van der Waals surface area contributed by atoms with Crippen molar-refractivity contribution in [3.8, 4) is 5.75 Å². The van der Waals surface area contributed by atoms with Crippen molar-refractivity contribution in [3.05, 3.63) is 23.8 Å². The van der Waals surface area contributed by atoms with Gasteiger partial charge < -0.3 is 4.74 Å². The van der Waals surface area contributed by atoms with Crippen LogP contribution in [-0.2, 0) is 0 Å². The Bertz CT molecular complexity index is 401. The summed E-state index contributed by atoms with van der Waals surface area (Å²) in [5.41, 5.74) is 0.810. The molecule has 1 aliphatic rings. The Kier molecular flexibility index (Phi) is 2.74. The molecule has 1 aromatic carbocycles. The standard InChI is InChI=1S/C12H14O2S/c1-7-8(2)15-11-5-4-9(14-3)6-10(11)12(7)13/h4-8H,1-3H3/t7-,8+/m0/s1. The maximum atomic E-state index is 12.0. The predicted molar refractivity (Wildman–Crippen MR) is 61.8 cm³/mol. The molecule has 80 valence electrons. The summed E-state index contributed by atoms with van der Waals surface area (Å²) in [5.74, 6) is 1.08. The quantitative estimate of drug-likeness (QED) is 0.730. The zero-order valence-electron chi connectivity index (χ0n) is 9.11. The average molecular weight is 222 g/mol. The molecule has 0 saturated heterocycles. The van der Waals surface area contributed by atoms with Gasteiger partial charge in [0.25, 0.3) is 0 Å². The van der Waals surface area contributed by atoms with Gasteiger partial charge in [-0.05, 0) is 18.2 Å². The number of carbonyl (C=O) groups is 1. The van der Waals surface area contributed by atoms with Crippen molar-refractivity contribution in [1.82, 2.24) is 0 Å². The van der Waals surface area contributed by atoms with E-state index in [0.717, 1.165) is 16.2 Å². The molecule has 0 unspecified atom stereocenters. The molecule has 0 bridgehead atoms. The summed E-state index contributed by atoms with van der Waals surface area (Å²) in [6.07, 6.45) is 0. The first-order valence-electron chi connectivity index (χ1n) is 5.02. The first-order valence-corrected chi connectivity index (χ1v) is 5.90. The summed E-state index contributed by atoms with van der Waals surface area (Å²) < 4.78 is 5.13. The second-order valence-corrected chi connectivity index (χ2v) is 5.26.